The van der Waals surface area contributed by atoms with E-state index in [-0.39, 0.29) is 47.5 Å². The van der Waals surface area contributed by atoms with Crippen LogP contribution in [0.2, 0.25) is 0 Å². The van der Waals surface area contributed by atoms with Crippen LogP contribution in [0.25, 0.3) is 0 Å². The SMILES string of the molecule is CCO[C@@]12CC[C@@H](NCC(=O)OC(C)(C)C)[C@@H]3Oc4c(O)ccc5c4[C@@]31CCN(C)[C@@H]2C5. The summed E-state index contributed by atoms with van der Waals surface area (Å²) in [6.07, 6.45) is 3.31. The molecule has 0 amide bonds. The van der Waals surface area contributed by atoms with Gasteiger partial charge in [-0.25, -0.2) is 0 Å². The lowest BCUT2D eigenvalue weighted by Crippen LogP contribution is -2.78. The van der Waals surface area contributed by atoms with Crippen molar-refractivity contribution in [3.8, 4) is 11.5 Å². The Morgan fingerprint density at radius 1 is 1.34 bits per heavy atom. The summed E-state index contributed by atoms with van der Waals surface area (Å²) in [7, 11) is 2.20. The average Bonchev–Trinajstić information content (AvgIpc) is 3.06. The Balaban J connectivity index is 1.55. The number of phenols is 1. The molecule has 1 saturated carbocycles. The third kappa shape index (κ3) is 2.94. The first-order chi connectivity index (χ1) is 15.1. The fraction of sp³-hybridized carbons (Fsp3) is 0.720. The molecular weight excluding hydrogens is 408 g/mol. The Hall–Kier alpha value is -1.83. The molecule has 2 fully saturated rings. The Morgan fingerprint density at radius 2 is 2.12 bits per heavy atom. The van der Waals surface area contributed by atoms with E-state index in [0.29, 0.717) is 12.4 Å². The molecule has 2 heterocycles. The van der Waals surface area contributed by atoms with Gasteiger partial charge in [0.2, 0.25) is 0 Å². The zero-order chi connectivity index (χ0) is 22.9. The molecule has 0 radical (unpaired) electrons. The Kier molecular flexibility index (Phi) is 5.04. The van der Waals surface area contributed by atoms with E-state index < -0.39 is 5.60 Å². The van der Waals surface area contributed by atoms with Crippen LogP contribution < -0.4 is 10.1 Å². The fourth-order valence-electron chi connectivity index (χ4n) is 7.08. The number of aromatic hydroxyl groups is 1. The van der Waals surface area contributed by atoms with Gasteiger partial charge in [0.25, 0.3) is 0 Å². The number of likely N-dealkylation sites (N-methyl/N-ethyl adjacent to an activating group) is 1. The number of ether oxygens (including phenoxy) is 3. The van der Waals surface area contributed by atoms with E-state index in [4.69, 9.17) is 14.2 Å². The number of phenolic OH excluding ortho intramolecular Hbond substituents is 1. The first-order valence-corrected chi connectivity index (χ1v) is 11.9. The summed E-state index contributed by atoms with van der Waals surface area (Å²) in [6, 6.07) is 4.05. The molecule has 1 saturated heterocycles. The van der Waals surface area contributed by atoms with Crippen molar-refractivity contribution in [1.29, 1.82) is 0 Å². The summed E-state index contributed by atoms with van der Waals surface area (Å²) in [5, 5.41) is 14.2. The maximum atomic E-state index is 12.4. The van der Waals surface area contributed by atoms with Crippen LogP contribution in [-0.2, 0) is 26.1 Å². The summed E-state index contributed by atoms with van der Waals surface area (Å²) in [5.74, 6) is 0.548. The first-order valence-electron chi connectivity index (χ1n) is 11.9. The molecule has 2 aliphatic carbocycles. The Labute approximate surface area is 190 Å². The van der Waals surface area contributed by atoms with Crippen LogP contribution in [0.3, 0.4) is 0 Å². The quantitative estimate of drug-likeness (QED) is 0.676. The minimum atomic E-state index is -0.514. The van der Waals surface area contributed by atoms with Crippen LogP contribution in [-0.4, -0.2) is 72.1 Å². The van der Waals surface area contributed by atoms with Crippen LogP contribution in [0, 0.1) is 0 Å². The third-order valence-corrected chi connectivity index (χ3v) is 8.02. The fourth-order valence-corrected chi connectivity index (χ4v) is 7.08. The second-order valence-corrected chi connectivity index (χ2v) is 10.8. The van der Waals surface area contributed by atoms with E-state index in [0.717, 1.165) is 37.8 Å². The van der Waals surface area contributed by atoms with Crippen molar-refractivity contribution < 1.29 is 24.1 Å². The van der Waals surface area contributed by atoms with Gasteiger partial charge in [-0.15, -0.1) is 0 Å². The molecule has 32 heavy (non-hydrogen) atoms. The van der Waals surface area contributed by atoms with Crippen LogP contribution in [0.4, 0.5) is 0 Å². The smallest absolute Gasteiger partial charge is 0.320 e. The minimum absolute atomic E-state index is 0.0297. The number of carbonyl (C=O) groups is 1. The highest BCUT2D eigenvalue weighted by molar-refractivity contribution is 5.72. The van der Waals surface area contributed by atoms with Crippen molar-refractivity contribution in [3.05, 3.63) is 23.3 Å². The molecule has 0 aromatic heterocycles. The number of hydrogen-bond acceptors (Lipinski definition) is 7. The van der Waals surface area contributed by atoms with E-state index in [9.17, 15) is 9.90 Å². The second-order valence-electron chi connectivity index (χ2n) is 10.8. The number of likely N-dealkylation sites (tertiary alicyclic amines) is 1. The third-order valence-electron chi connectivity index (χ3n) is 8.02. The molecule has 176 valence electrons. The van der Waals surface area contributed by atoms with E-state index in [1.54, 1.807) is 6.07 Å². The van der Waals surface area contributed by atoms with Gasteiger partial charge in [0.15, 0.2) is 11.5 Å². The molecule has 2 aliphatic heterocycles. The van der Waals surface area contributed by atoms with Crippen molar-refractivity contribution in [2.24, 2.45) is 0 Å². The van der Waals surface area contributed by atoms with Gasteiger partial charge < -0.3 is 29.5 Å². The number of benzene rings is 1. The Morgan fingerprint density at radius 3 is 2.84 bits per heavy atom. The summed E-state index contributed by atoms with van der Waals surface area (Å²) in [4.78, 5) is 14.9. The highest BCUT2D eigenvalue weighted by Gasteiger charge is 2.73. The molecule has 1 aromatic rings. The van der Waals surface area contributed by atoms with E-state index in [2.05, 4.69) is 30.3 Å². The van der Waals surface area contributed by atoms with Gasteiger partial charge in [-0.1, -0.05) is 6.07 Å². The van der Waals surface area contributed by atoms with Gasteiger partial charge in [-0.05, 0) is 78.6 Å². The summed E-state index contributed by atoms with van der Waals surface area (Å²) in [5.41, 5.74) is 1.17. The number of hydrogen-bond donors (Lipinski definition) is 2. The molecule has 7 nitrogen and oxygen atoms in total. The average molecular weight is 445 g/mol. The molecule has 5 atom stereocenters. The molecule has 5 rings (SSSR count). The van der Waals surface area contributed by atoms with E-state index >= 15 is 0 Å². The zero-order valence-corrected chi connectivity index (χ0v) is 19.9. The summed E-state index contributed by atoms with van der Waals surface area (Å²) < 4.78 is 18.8. The minimum Gasteiger partial charge on any atom is -0.504 e. The number of esters is 1. The van der Waals surface area contributed by atoms with Crippen LogP contribution >= 0.6 is 0 Å². The number of nitrogens with zero attached hydrogens (tertiary/aromatic N) is 1. The lowest BCUT2D eigenvalue weighted by Gasteiger charge is -2.65. The van der Waals surface area contributed by atoms with Gasteiger partial charge in [0.05, 0.1) is 17.6 Å². The molecule has 0 unspecified atom stereocenters. The van der Waals surface area contributed by atoms with Gasteiger partial charge >= 0.3 is 5.97 Å². The van der Waals surface area contributed by atoms with Crippen LogP contribution in [0.1, 0.15) is 58.1 Å². The van der Waals surface area contributed by atoms with Crippen molar-refractivity contribution in [2.45, 2.75) is 88.2 Å². The van der Waals surface area contributed by atoms with Gasteiger partial charge in [0.1, 0.15) is 11.7 Å². The molecule has 2 N–H and O–H groups in total. The monoisotopic (exact) mass is 444 g/mol. The molecule has 4 aliphatic rings. The topological polar surface area (TPSA) is 80.3 Å². The van der Waals surface area contributed by atoms with Crippen LogP contribution in [0.15, 0.2) is 12.1 Å². The van der Waals surface area contributed by atoms with Crippen molar-refractivity contribution in [3.63, 3.8) is 0 Å². The molecular formula is C25H36N2O5. The van der Waals surface area contributed by atoms with Gasteiger partial charge in [-0.2, -0.15) is 0 Å². The Bertz CT molecular complexity index is 928. The normalized spacial score (nSPS) is 35.2. The van der Waals surface area contributed by atoms with E-state index in [1.165, 1.54) is 5.56 Å². The van der Waals surface area contributed by atoms with Gasteiger partial charge in [0, 0.05) is 24.3 Å². The first kappa shape index (κ1) is 22.0. The van der Waals surface area contributed by atoms with Crippen molar-refractivity contribution >= 4 is 5.97 Å². The van der Waals surface area contributed by atoms with E-state index in [1.807, 2.05) is 20.8 Å². The predicted molar refractivity (Wildman–Crippen MR) is 120 cm³/mol. The molecule has 2 bridgehead atoms. The summed E-state index contributed by atoms with van der Waals surface area (Å²) in [6.45, 7) is 9.43. The lowest BCUT2D eigenvalue weighted by atomic mass is 9.48. The van der Waals surface area contributed by atoms with Crippen molar-refractivity contribution in [1.82, 2.24) is 10.2 Å². The number of carbonyl (C=O) groups excluding carboxylic acids is 1. The number of piperidine rings is 1. The second kappa shape index (κ2) is 7.34. The largest absolute Gasteiger partial charge is 0.504 e. The lowest BCUT2D eigenvalue weighted by molar-refractivity contribution is -0.214. The molecule has 1 spiro atoms. The maximum absolute atomic E-state index is 12.4. The van der Waals surface area contributed by atoms with Crippen molar-refractivity contribution in [2.75, 3.05) is 26.7 Å². The maximum Gasteiger partial charge on any atom is 0.320 e. The van der Waals surface area contributed by atoms with Crippen LogP contribution in [0.5, 0.6) is 11.5 Å². The highest BCUT2D eigenvalue weighted by atomic mass is 16.6. The van der Waals surface area contributed by atoms with Gasteiger partial charge in [-0.3, -0.25) is 4.79 Å². The number of rotatable bonds is 5. The highest BCUT2D eigenvalue weighted by Crippen LogP contribution is 2.66. The summed E-state index contributed by atoms with van der Waals surface area (Å²) >= 11 is 0. The standard InChI is InChI=1S/C25H36N2O5/c1-6-30-25-10-9-16(26-14-19(29)32-23(2,3)4)22-24(25)11-12-27(5)18(25)13-15-7-8-17(28)21(31-22)20(15)24/h7-8,16,18,22,26,28H,6,9-14H2,1-5H3/t16-,18-,22+,24+,25-/m1/s1. The zero-order valence-electron chi connectivity index (χ0n) is 19.9. The molecule has 7 heteroatoms. The molecule has 1 aromatic carbocycles. The predicted octanol–water partition coefficient (Wildman–Crippen LogP) is 2.52. The number of nitrogens with one attached hydrogen (secondary N) is 1.